The molecule has 224 valence electrons. The molecular weight excluding hydrogens is 759 g/mol. The Labute approximate surface area is 291 Å². The first-order chi connectivity index (χ1) is 21.1. The van der Waals surface area contributed by atoms with Crippen molar-refractivity contribution in [1.29, 1.82) is 0 Å². The summed E-state index contributed by atoms with van der Waals surface area (Å²) < 4.78 is 12.0. The lowest BCUT2D eigenvalue weighted by Crippen LogP contribution is -1.88. The average molecular weight is 792 g/mol. The van der Waals surface area contributed by atoms with E-state index in [4.69, 9.17) is 13.7 Å². The quantitative estimate of drug-likeness (QED) is 0.103. The van der Waals surface area contributed by atoms with Gasteiger partial charge in [-0.2, -0.15) is 8.75 Å². The third-order valence-electron chi connectivity index (χ3n) is 7.60. The van der Waals surface area contributed by atoms with E-state index in [1.54, 1.807) is 11.3 Å². The number of hydrogen-bond donors (Lipinski definition) is 0. The maximum absolute atomic E-state index is 5.10. The number of thiophene rings is 4. The van der Waals surface area contributed by atoms with Crippen molar-refractivity contribution in [3.05, 3.63) is 61.3 Å². The lowest BCUT2D eigenvalue weighted by Gasteiger charge is -2.02. The zero-order valence-electron chi connectivity index (χ0n) is 24.3. The minimum Gasteiger partial charge on any atom is -0.252 e. The van der Waals surface area contributed by atoms with Crippen molar-refractivity contribution in [3.8, 4) is 40.5 Å². The number of pyridine rings is 1. The van der Waals surface area contributed by atoms with E-state index in [1.807, 2.05) is 40.2 Å². The van der Waals surface area contributed by atoms with Gasteiger partial charge in [0.25, 0.3) is 0 Å². The number of unbranched alkanes of at least 4 members (excludes halogenated alkanes) is 6. The molecule has 0 fully saturated rings. The van der Waals surface area contributed by atoms with E-state index in [0.717, 1.165) is 38.9 Å². The topological polar surface area (TPSA) is 38.7 Å². The first-order valence-corrected chi connectivity index (χ1v) is 20.5. The molecule has 6 aromatic heterocycles. The second kappa shape index (κ2) is 14.9. The summed E-state index contributed by atoms with van der Waals surface area (Å²) in [4.78, 5) is 12.9. The van der Waals surface area contributed by atoms with Gasteiger partial charge in [-0.05, 0) is 105 Å². The van der Waals surface area contributed by atoms with Crippen LogP contribution < -0.4 is 0 Å². The van der Waals surface area contributed by atoms with Crippen LogP contribution in [0.15, 0.2) is 50.2 Å². The van der Waals surface area contributed by atoms with Crippen LogP contribution in [0.1, 0.15) is 76.3 Å². The van der Waals surface area contributed by atoms with Crippen LogP contribution in [0.25, 0.3) is 51.6 Å². The molecule has 6 rings (SSSR count). The van der Waals surface area contributed by atoms with Crippen molar-refractivity contribution >= 4 is 100.0 Å². The van der Waals surface area contributed by atoms with Crippen LogP contribution in [0.3, 0.4) is 0 Å². The summed E-state index contributed by atoms with van der Waals surface area (Å²) >= 11 is 16.0. The minimum atomic E-state index is 0.915. The molecule has 0 amide bonds. The maximum atomic E-state index is 5.10. The smallest absolute Gasteiger partial charge is 0.132 e. The summed E-state index contributed by atoms with van der Waals surface area (Å²) in [5, 5.41) is 0. The molecule has 43 heavy (non-hydrogen) atoms. The largest absolute Gasteiger partial charge is 0.252 e. The van der Waals surface area contributed by atoms with E-state index < -0.39 is 0 Å². The second-order valence-corrected chi connectivity index (χ2v) is 18.3. The number of aromatic nitrogens is 3. The predicted molar refractivity (Wildman–Crippen MR) is 200 cm³/mol. The monoisotopic (exact) mass is 789 g/mol. The molecule has 3 nitrogen and oxygen atoms in total. The fraction of sp³-hybridized carbons (Fsp3) is 0.364. The summed E-state index contributed by atoms with van der Waals surface area (Å²) in [5.41, 5.74) is 6.78. The Hall–Kier alpha value is -1.27. The third-order valence-corrected chi connectivity index (χ3v) is 14.1. The molecule has 0 aliphatic carbocycles. The van der Waals surface area contributed by atoms with Gasteiger partial charge in [0.1, 0.15) is 16.7 Å². The highest BCUT2D eigenvalue weighted by Gasteiger charge is 2.22. The first-order valence-electron chi connectivity index (χ1n) is 14.9. The predicted octanol–water partition coefficient (Wildman–Crippen LogP) is 13.8. The number of fused-ring (bicyclic) bond motifs is 1. The van der Waals surface area contributed by atoms with Gasteiger partial charge in [-0.3, -0.25) is 4.98 Å². The molecule has 0 bridgehead atoms. The van der Waals surface area contributed by atoms with Gasteiger partial charge in [0.2, 0.25) is 0 Å². The van der Waals surface area contributed by atoms with E-state index in [9.17, 15) is 0 Å². The van der Waals surface area contributed by atoms with Gasteiger partial charge < -0.3 is 0 Å². The maximum Gasteiger partial charge on any atom is 0.132 e. The Morgan fingerprint density at radius 2 is 1.16 bits per heavy atom. The number of aryl methyl sites for hydroxylation is 2. The second-order valence-electron chi connectivity index (χ2n) is 10.7. The minimum absolute atomic E-state index is 0.915. The van der Waals surface area contributed by atoms with Gasteiger partial charge in [-0.25, -0.2) is 0 Å². The molecule has 0 atom stereocenters. The summed E-state index contributed by atoms with van der Waals surface area (Å²) in [6.07, 6.45) is 14.3. The Morgan fingerprint density at radius 1 is 0.605 bits per heavy atom. The molecule has 6 heterocycles. The van der Waals surface area contributed by atoms with Crippen molar-refractivity contribution in [2.45, 2.75) is 78.1 Å². The Kier molecular flexibility index (Phi) is 11.0. The molecule has 0 spiro atoms. The highest BCUT2D eigenvalue weighted by molar-refractivity contribution is 9.11. The van der Waals surface area contributed by atoms with Crippen molar-refractivity contribution in [3.63, 3.8) is 0 Å². The number of hydrogen-bond acceptors (Lipinski definition) is 8. The Balaban J connectivity index is 1.37. The lowest BCUT2D eigenvalue weighted by atomic mass is 10.0. The molecule has 0 unspecified atom stereocenters. The summed E-state index contributed by atoms with van der Waals surface area (Å²) in [5.74, 6) is 0. The van der Waals surface area contributed by atoms with E-state index in [2.05, 4.69) is 82.1 Å². The van der Waals surface area contributed by atoms with Crippen molar-refractivity contribution in [2.75, 3.05) is 0 Å². The Bertz CT molecular complexity index is 1680. The number of halogens is 2. The van der Waals surface area contributed by atoms with Crippen molar-refractivity contribution in [2.24, 2.45) is 0 Å². The van der Waals surface area contributed by atoms with Gasteiger partial charge >= 0.3 is 0 Å². The zero-order valence-corrected chi connectivity index (χ0v) is 31.5. The fourth-order valence-electron chi connectivity index (χ4n) is 5.39. The number of rotatable bonds is 14. The van der Waals surface area contributed by atoms with Crippen LogP contribution >= 0.6 is 88.9 Å². The molecule has 0 radical (unpaired) electrons. The average Bonchev–Trinajstić information content (AvgIpc) is 3.83. The van der Waals surface area contributed by atoms with Gasteiger partial charge in [0, 0.05) is 36.1 Å². The Morgan fingerprint density at radius 3 is 1.72 bits per heavy atom. The molecule has 0 saturated heterocycles. The summed E-state index contributed by atoms with van der Waals surface area (Å²) in [6, 6.07) is 13.5. The molecule has 0 aliphatic rings. The van der Waals surface area contributed by atoms with Crippen LogP contribution in [-0.2, 0) is 12.8 Å². The van der Waals surface area contributed by atoms with E-state index >= 15 is 0 Å². The third kappa shape index (κ3) is 7.26. The standard InChI is InChI=1S/C33H33Br2N3S5/c1-3-5-7-9-11-20-17-25(41-32(20)23-13-15-27(34)39-23)22-19-36-30(31-29(22)37-43-38-31)26-18-21(12-10-8-6-4-2)33(42-26)24-14-16-28(35)40-24/h13-19H,3-12H2,1-2H3. The molecule has 6 aromatic rings. The molecule has 0 N–H and O–H groups in total. The van der Waals surface area contributed by atoms with Gasteiger partial charge in [0.05, 0.1) is 24.2 Å². The molecular formula is C33H33Br2N3S5. The fourth-order valence-corrected chi connectivity index (χ4v) is 11.4. The van der Waals surface area contributed by atoms with Crippen LogP contribution in [-0.4, -0.2) is 13.7 Å². The molecule has 10 heteroatoms. The van der Waals surface area contributed by atoms with Crippen molar-refractivity contribution < 1.29 is 0 Å². The van der Waals surface area contributed by atoms with Gasteiger partial charge in [-0.15, -0.1) is 45.3 Å². The normalized spacial score (nSPS) is 11.7. The molecule has 0 aromatic carbocycles. The van der Waals surface area contributed by atoms with Crippen LogP contribution in [0, 0.1) is 0 Å². The first kappa shape index (κ1) is 31.7. The molecule has 0 saturated carbocycles. The molecule has 0 aliphatic heterocycles. The summed E-state index contributed by atoms with van der Waals surface area (Å²) in [6.45, 7) is 4.54. The highest BCUT2D eigenvalue weighted by Crippen LogP contribution is 2.47. The van der Waals surface area contributed by atoms with Crippen LogP contribution in [0.4, 0.5) is 0 Å². The van der Waals surface area contributed by atoms with Crippen molar-refractivity contribution in [1.82, 2.24) is 13.7 Å². The zero-order chi connectivity index (χ0) is 29.8. The van der Waals surface area contributed by atoms with E-state index in [0.29, 0.717) is 0 Å². The highest BCUT2D eigenvalue weighted by atomic mass is 79.9. The van der Waals surface area contributed by atoms with E-state index in [-0.39, 0.29) is 0 Å². The SMILES string of the molecule is CCCCCCc1cc(-c2cnc(-c3cc(CCCCCC)c(-c4ccc(Br)s4)s3)c3nsnc23)sc1-c1ccc(Br)s1. The number of nitrogens with zero attached hydrogens (tertiary/aromatic N) is 3. The summed E-state index contributed by atoms with van der Waals surface area (Å²) in [7, 11) is 0. The van der Waals surface area contributed by atoms with Gasteiger partial charge in [0.15, 0.2) is 0 Å². The lowest BCUT2D eigenvalue weighted by molar-refractivity contribution is 0.668. The van der Waals surface area contributed by atoms with Crippen LogP contribution in [0.2, 0.25) is 0 Å². The van der Waals surface area contributed by atoms with E-state index in [1.165, 1.54) is 107 Å². The van der Waals surface area contributed by atoms with Gasteiger partial charge in [-0.1, -0.05) is 52.4 Å². The van der Waals surface area contributed by atoms with Crippen LogP contribution in [0.5, 0.6) is 0 Å².